The number of hydrogen-bond donors (Lipinski definition) is 1. The maximum absolute atomic E-state index is 13.3. The lowest BCUT2D eigenvalue weighted by atomic mass is 9.95. The van der Waals surface area contributed by atoms with Crippen molar-refractivity contribution in [2.45, 2.75) is 32.7 Å². The Kier molecular flexibility index (Phi) is 6.20. The Morgan fingerprint density at radius 3 is 2.32 bits per heavy atom. The van der Waals surface area contributed by atoms with Crippen LogP contribution in [-0.2, 0) is 9.59 Å². The van der Waals surface area contributed by atoms with Gasteiger partial charge < -0.3 is 19.0 Å². The van der Waals surface area contributed by atoms with Crippen molar-refractivity contribution in [2.75, 3.05) is 19.1 Å². The number of benzene rings is 2. The fourth-order valence-corrected chi connectivity index (χ4v) is 4.27. The van der Waals surface area contributed by atoms with Gasteiger partial charge in [-0.05, 0) is 60.9 Å². The Morgan fingerprint density at radius 2 is 1.71 bits per heavy atom. The van der Waals surface area contributed by atoms with Gasteiger partial charge in [-0.2, -0.15) is 0 Å². The first kappa shape index (κ1) is 23.2. The van der Waals surface area contributed by atoms with E-state index in [2.05, 4.69) is 0 Å². The van der Waals surface area contributed by atoms with Crippen LogP contribution < -0.4 is 14.4 Å². The van der Waals surface area contributed by atoms with Crippen molar-refractivity contribution in [1.82, 2.24) is 0 Å². The number of hydrogen-bond acceptors (Lipinski definition) is 6. The zero-order chi connectivity index (χ0) is 24.6. The van der Waals surface area contributed by atoms with E-state index >= 15 is 0 Å². The van der Waals surface area contributed by atoms with Crippen LogP contribution in [0.3, 0.4) is 0 Å². The summed E-state index contributed by atoms with van der Waals surface area (Å²) in [6, 6.07) is 14.6. The van der Waals surface area contributed by atoms with Crippen molar-refractivity contribution in [3.8, 4) is 11.5 Å². The average Bonchev–Trinajstić information content (AvgIpc) is 3.38. The molecule has 0 aliphatic carbocycles. The number of anilines is 1. The molecule has 1 atom stereocenters. The number of carbonyl (C=O) groups is 2. The maximum Gasteiger partial charge on any atom is 0.300 e. The van der Waals surface area contributed by atoms with Crippen LogP contribution in [0.5, 0.6) is 11.5 Å². The first-order valence-corrected chi connectivity index (χ1v) is 11.0. The van der Waals surface area contributed by atoms with E-state index in [0.29, 0.717) is 34.3 Å². The van der Waals surface area contributed by atoms with Crippen LogP contribution in [0.1, 0.15) is 48.5 Å². The molecule has 1 aliphatic heterocycles. The van der Waals surface area contributed by atoms with Gasteiger partial charge >= 0.3 is 0 Å². The number of nitrogens with zero attached hydrogens (tertiary/aromatic N) is 1. The van der Waals surface area contributed by atoms with Crippen LogP contribution in [-0.4, -0.2) is 31.0 Å². The van der Waals surface area contributed by atoms with Crippen molar-refractivity contribution >= 4 is 23.1 Å². The Hall–Kier alpha value is -4.00. The molecule has 0 saturated carbocycles. The van der Waals surface area contributed by atoms with Gasteiger partial charge in [0.1, 0.15) is 34.8 Å². The predicted molar refractivity (Wildman–Crippen MR) is 128 cm³/mol. The third-order valence-corrected chi connectivity index (χ3v) is 5.94. The third-order valence-electron chi connectivity index (χ3n) is 5.94. The number of ether oxygens (including phenoxy) is 2. The summed E-state index contributed by atoms with van der Waals surface area (Å²) in [5.74, 6) is 0.339. The summed E-state index contributed by atoms with van der Waals surface area (Å²) in [4.78, 5) is 27.9. The number of furan rings is 1. The molecule has 1 saturated heterocycles. The van der Waals surface area contributed by atoms with Gasteiger partial charge in [0.05, 0.1) is 25.5 Å². The normalized spacial score (nSPS) is 17.5. The largest absolute Gasteiger partial charge is 0.507 e. The van der Waals surface area contributed by atoms with E-state index in [1.54, 1.807) is 68.6 Å². The smallest absolute Gasteiger partial charge is 0.300 e. The predicted octanol–water partition coefficient (Wildman–Crippen LogP) is 5.35. The number of carbonyl (C=O) groups excluding carboxylic acids is 2. The van der Waals surface area contributed by atoms with Crippen molar-refractivity contribution in [3.63, 3.8) is 0 Å². The molecule has 1 aromatic heterocycles. The number of Topliss-reactive ketones (excluding diaryl/α,β-unsaturated/α-hetero) is 1. The average molecular weight is 462 g/mol. The van der Waals surface area contributed by atoms with Crippen molar-refractivity contribution in [2.24, 2.45) is 0 Å². The molecule has 1 amide bonds. The van der Waals surface area contributed by atoms with Crippen LogP contribution in [0.25, 0.3) is 5.76 Å². The molecule has 2 aromatic carbocycles. The highest BCUT2D eigenvalue weighted by atomic mass is 16.5. The summed E-state index contributed by atoms with van der Waals surface area (Å²) in [5.41, 5.74) is 1.64. The summed E-state index contributed by atoms with van der Waals surface area (Å²) in [6.45, 7) is 5.79. The third kappa shape index (κ3) is 3.83. The van der Waals surface area contributed by atoms with E-state index in [4.69, 9.17) is 13.9 Å². The number of aryl methyl sites for hydroxylation is 1. The first-order valence-electron chi connectivity index (χ1n) is 11.0. The highest BCUT2D eigenvalue weighted by Gasteiger charge is 2.49. The Morgan fingerprint density at radius 1 is 1.00 bits per heavy atom. The summed E-state index contributed by atoms with van der Waals surface area (Å²) in [7, 11) is 3.07. The minimum absolute atomic E-state index is 0.0508. The molecular weight excluding hydrogens is 434 g/mol. The van der Waals surface area contributed by atoms with Crippen LogP contribution >= 0.6 is 0 Å². The summed E-state index contributed by atoms with van der Waals surface area (Å²) < 4.78 is 16.7. The minimum atomic E-state index is -0.963. The van der Waals surface area contributed by atoms with Gasteiger partial charge in [-0.25, -0.2) is 0 Å². The molecule has 0 spiro atoms. The molecule has 176 valence electrons. The highest BCUT2D eigenvalue weighted by molar-refractivity contribution is 6.51. The van der Waals surface area contributed by atoms with Crippen LogP contribution in [0, 0.1) is 6.92 Å². The molecule has 0 radical (unpaired) electrons. The topological polar surface area (TPSA) is 89.2 Å². The second-order valence-corrected chi connectivity index (χ2v) is 8.40. The lowest BCUT2D eigenvalue weighted by molar-refractivity contribution is -0.132. The summed E-state index contributed by atoms with van der Waals surface area (Å²) in [5, 5.41) is 11.4. The van der Waals surface area contributed by atoms with E-state index in [9.17, 15) is 14.7 Å². The zero-order valence-electron chi connectivity index (χ0n) is 19.8. The summed E-state index contributed by atoms with van der Waals surface area (Å²) >= 11 is 0. The number of ketones is 1. The second-order valence-electron chi connectivity index (χ2n) is 8.40. The van der Waals surface area contributed by atoms with Gasteiger partial charge in [0.25, 0.3) is 11.7 Å². The quantitative estimate of drug-likeness (QED) is 0.302. The zero-order valence-corrected chi connectivity index (χ0v) is 19.8. The summed E-state index contributed by atoms with van der Waals surface area (Å²) in [6.07, 6.45) is 0. The highest BCUT2D eigenvalue weighted by Crippen LogP contribution is 2.45. The molecule has 7 heteroatoms. The molecule has 0 bridgehead atoms. The van der Waals surface area contributed by atoms with E-state index < -0.39 is 17.7 Å². The van der Waals surface area contributed by atoms with Gasteiger partial charge in [0, 0.05) is 5.56 Å². The minimum Gasteiger partial charge on any atom is -0.507 e. The maximum atomic E-state index is 13.3. The standard InChI is InChI=1S/C27H27NO6/c1-15(2)18-14-17(11-13-20(18)32-4)25(29)23-24(22-12-10-16(3)34-22)28(27(31)26(23)30)19-8-6-7-9-21(19)33-5/h6-15,24,29H,1-5H3/b25-23-. The molecule has 34 heavy (non-hydrogen) atoms. The number of amides is 1. The van der Waals surface area contributed by atoms with E-state index in [1.807, 2.05) is 13.8 Å². The van der Waals surface area contributed by atoms with Crippen molar-refractivity contribution in [3.05, 3.63) is 82.8 Å². The first-order chi connectivity index (χ1) is 16.3. The molecular formula is C27H27NO6. The Labute approximate surface area is 198 Å². The van der Waals surface area contributed by atoms with Gasteiger partial charge in [-0.1, -0.05) is 26.0 Å². The molecule has 7 nitrogen and oxygen atoms in total. The van der Waals surface area contributed by atoms with Gasteiger partial charge in [-0.15, -0.1) is 0 Å². The van der Waals surface area contributed by atoms with E-state index in [1.165, 1.54) is 12.0 Å². The fourth-order valence-electron chi connectivity index (χ4n) is 4.27. The molecule has 4 rings (SSSR count). The molecule has 2 heterocycles. The lowest BCUT2D eigenvalue weighted by Crippen LogP contribution is -2.29. The molecule has 1 fully saturated rings. The van der Waals surface area contributed by atoms with E-state index in [-0.39, 0.29) is 17.3 Å². The molecule has 1 aliphatic rings. The second kappa shape index (κ2) is 9.09. The number of methoxy groups -OCH3 is 2. The van der Waals surface area contributed by atoms with Gasteiger partial charge in [-0.3, -0.25) is 14.5 Å². The molecule has 1 unspecified atom stereocenters. The van der Waals surface area contributed by atoms with Gasteiger partial charge in [0.2, 0.25) is 0 Å². The lowest BCUT2D eigenvalue weighted by Gasteiger charge is -2.25. The van der Waals surface area contributed by atoms with E-state index in [0.717, 1.165) is 5.56 Å². The Bertz CT molecular complexity index is 1290. The van der Waals surface area contributed by atoms with Crippen LogP contribution in [0.2, 0.25) is 0 Å². The Balaban J connectivity index is 1.96. The SMILES string of the molecule is COc1ccc(/C(O)=C2/C(=O)C(=O)N(c3ccccc3OC)C2c2ccc(C)o2)cc1C(C)C. The van der Waals surface area contributed by atoms with Crippen LogP contribution in [0.4, 0.5) is 5.69 Å². The monoisotopic (exact) mass is 461 g/mol. The van der Waals surface area contributed by atoms with Crippen LogP contribution in [0.15, 0.2) is 64.6 Å². The number of aliphatic hydroxyl groups excluding tert-OH is 1. The number of aliphatic hydroxyl groups is 1. The van der Waals surface area contributed by atoms with Gasteiger partial charge in [0.15, 0.2) is 0 Å². The molecule has 1 N–H and O–H groups in total. The number of rotatable bonds is 6. The molecule has 3 aromatic rings. The van der Waals surface area contributed by atoms with Crippen molar-refractivity contribution in [1.29, 1.82) is 0 Å². The van der Waals surface area contributed by atoms with Crippen molar-refractivity contribution < 1.29 is 28.6 Å². The fraction of sp³-hybridized carbons (Fsp3) is 0.259. The number of para-hydroxylation sites is 2.